The fourth-order valence-electron chi connectivity index (χ4n) is 3.84. The van der Waals surface area contributed by atoms with E-state index in [1.54, 1.807) is 0 Å². The average molecular weight is 626 g/mol. The zero-order valence-electron chi connectivity index (χ0n) is 26.9. The van der Waals surface area contributed by atoms with Crippen LogP contribution in [0.4, 0.5) is 0 Å². The van der Waals surface area contributed by atoms with Crippen LogP contribution in [0.2, 0.25) is 0 Å². The van der Waals surface area contributed by atoms with Gasteiger partial charge in [0, 0.05) is 19.6 Å². The minimum absolute atomic E-state index is 0.0841. The van der Waals surface area contributed by atoms with E-state index in [0.29, 0.717) is 13.0 Å². The molecule has 0 aromatic heterocycles. The zero-order chi connectivity index (χ0) is 31.7. The zero-order valence-corrected chi connectivity index (χ0v) is 27.8. The highest BCUT2D eigenvalue weighted by Crippen LogP contribution is 2.43. The van der Waals surface area contributed by atoms with E-state index in [-0.39, 0.29) is 32.3 Å². The number of carbonyl (C=O) groups excluding carboxylic acids is 1. The van der Waals surface area contributed by atoms with Crippen molar-refractivity contribution < 1.29 is 32.8 Å². The molecule has 0 saturated heterocycles. The lowest BCUT2D eigenvalue weighted by molar-refractivity contribution is -0.154. The van der Waals surface area contributed by atoms with Crippen LogP contribution in [0.25, 0.3) is 0 Å². The molecule has 0 aromatic rings. The van der Waals surface area contributed by atoms with Crippen molar-refractivity contribution in [1.82, 2.24) is 0 Å². The highest BCUT2D eigenvalue weighted by Gasteiger charge is 2.25. The quantitative estimate of drug-likeness (QED) is 0.0352. The van der Waals surface area contributed by atoms with Gasteiger partial charge >= 0.3 is 13.8 Å². The fraction of sp³-hybridized carbons (Fsp3) is 0.676. The third kappa shape index (κ3) is 31.4. The predicted molar refractivity (Wildman–Crippen MR) is 178 cm³/mol. The van der Waals surface area contributed by atoms with Gasteiger partial charge in [-0.3, -0.25) is 13.8 Å². The predicted octanol–water partition coefficient (Wildman–Crippen LogP) is 8.68. The van der Waals surface area contributed by atoms with Crippen LogP contribution in [0.15, 0.2) is 60.8 Å². The molecule has 3 N–H and O–H groups in total. The number of rotatable bonds is 30. The molecule has 0 aromatic carbocycles. The number of hydrogen-bond donors (Lipinski definition) is 2. The first-order valence-electron chi connectivity index (χ1n) is 16.3. The largest absolute Gasteiger partial charge is 0.472 e. The molecular weight excluding hydrogens is 565 g/mol. The van der Waals surface area contributed by atoms with Crippen molar-refractivity contribution in [2.45, 2.75) is 116 Å². The van der Waals surface area contributed by atoms with E-state index in [4.69, 9.17) is 24.3 Å². The molecule has 2 unspecified atom stereocenters. The van der Waals surface area contributed by atoms with Crippen LogP contribution < -0.4 is 5.73 Å². The molecule has 0 amide bonds. The summed E-state index contributed by atoms with van der Waals surface area (Å²) in [6.07, 6.45) is 35.5. The Morgan fingerprint density at radius 3 is 1.91 bits per heavy atom. The molecule has 0 aliphatic heterocycles. The van der Waals surface area contributed by atoms with Gasteiger partial charge in [0.15, 0.2) is 0 Å². The average Bonchev–Trinajstić information content (AvgIpc) is 2.99. The summed E-state index contributed by atoms with van der Waals surface area (Å²) in [7, 11) is -4.27. The Morgan fingerprint density at radius 2 is 1.30 bits per heavy atom. The van der Waals surface area contributed by atoms with E-state index in [2.05, 4.69) is 74.6 Å². The van der Waals surface area contributed by atoms with Gasteiger partial charge in [0.25, 0.3) is 0 Å². The van der Waals surface area contributed by atoms with Crippen molar-refractivity contribution >= 4 is 13.8 Å². The smallest absolute Gasteiger partial charge is 0.457 e. The van der Waals surface area contributed by atoms with Gasteiger partial charge in [-0.25, -0.2) is 4.57 Å². The molecular formula is C34H60NO7P. The summed E-state index contributed by atoms with van der Waals surface area (Å²) >= 11 is 0. The molecule has 0 spiro atoms. The van der Waals surface area contributed by atoms with Gasteiger partial charge in [-0.1, -0.05) is 107 Å². The van der Waals surface area contributed by atoms with Crippen molar-refractivity contribution in [2.24, 2.45) is 5.73 Å². The lowest BCUT2D eigenvalue weighted by Crippen LogP contribution is -2.28. The lowest BCUT2D eigenvalue weighted by atomic mass is 10.1. The topological polar surface area (TPSA) is 117 Å². The number of carbonyl (C=O) groups is 1. The number of allylic oxidation sites excluding steroid dienone is 10. The first-order valence-corrected chi connectivity index (χ1v) is 17.8. The summed E-state index contributed by atoms with van der Waals surface area (Å²) in [5, 5.41) is 0. The number of unbranched alkanes of at least 4 members (excludes halogenated alkanes) is 7. The minimum atomic E-state index is -4.27. The Kier molecular flexibility index (Phi) is 30.3. The Hall–Kier alpha value is -1.80. The van der Waals surface area contributed by atoms with Crippen molar-refractivity contribution in [2.75, 3.05) is 33.0 Å². The molecule has 0 rings (SSSR count). The number of nitrogens with two attached hydrogens (primary N) is 1. The second kappa shape index (κ2) is 31.6. The third-order valence-electron chi connectivity index (χ3n) is 6.20. The molecule has 0 radical (unpaired) electrons. The molecule has 2 atom stereocenters. The summed E-state index contributed by atoms with van der Waals surface area (Å²) in [5.74, 6) is -0.360. The minimum Gasteiger partial charge on any atom is -0.457 e. The highest BCUT2D eigenvalue weighted by atomic mass is 31.2. The molecule has 248 valence electrons. The maximum atomic E-state index is 12.3. The molecule has 0 heterocycles. The van der Waals surface area contributed by atoms with E-state index in [0.717, 1.165) is 70.6 Å². The normalized spacial score (nSPS) is 14.6. The van der Waals surface area contributed by atoms with Crippen molar-refractivity contribution in [1.29, 1.82) is 0 Å². The first-order chi connectivity index (χ1) is 20.9. The van der Waals surface area contributed by atoms with Crippen LogP contribution in [-0.2, 0) is 27.9 Å². The molecule has 9 heteroatoms. The Balaban J connectivity index is 4.17. The lowest BCUT2D eigenvalue weighted by Gasteiger charge is -2.20. The van der Waals surface area contributed by atoms with Crippen LogP contribution in [0.3, 0.4) is 0 Å². The number of hydrogen-bond acceptors (Lipinski definition) is 7. The van der Waals surface area contributed by atoms with Crippen molar-refractivity contribution in [3.05, 3.63) is 60.8 Å². The van der Waals surface area contributed by atoms with Crippen LogP contribution in [0, 0.1) is 0 Å². The standard InChI is InChI=1S/C34H60NO7P/c1-3-5-7-9-11-12-13-14-15-16-17-18-19-20-21-22-24-26-29-39-31-33(32-41-43(37,38)40-30-28-35)42-34(36)27-25-23-10-8-6-4-2/h5,7,11-12,14-15,17-18,20-21,33H,3-4,6,8-10,13,16,19,22-32,35H2,1-2H3,(H,37,38)/b7-5-,12-11-,15-14-,18-17-,21-20-. The van der Waals surface area contributed by atoms with Crippen molar-refractivity contribution in [3.8, 4) is 0 Å². The summed E-state index contributed by atoms with van der Waals surface area (Å²) < 4.78 is 32.9. The molecule has 0 bridgehead atoms. The molecule has 43 heavy (non-hydrogen) atoms. The van der Waals surface area contributed by atoms with E-state index in [1.165, 1.54) is 19.3 Å². The van der Waals surface area contributed by atoms with Gasteiger partial charge in [0.05, 0.1) is 19.8 Å². The van der Waals surface area contributed by atoms with Crippen LogP contribution >= 0.6 is 7.82 Å². The van der Waals surface area contributed by atoms with E-state index < -0.39 is 13.9 Å². The molecule has 0 aliphatic carbocycles. The number of phosphoric acid groups is 1. The Morgan fingerprint density at radius 1 is 0.721 bits per heavy atom. The maximum Gasteiger partial charge on any atom is 0.472 e. The number of phosphoric ester groups is 1. The van der Waals surface area contributed by atoms with E-state index >= 15 is 0 Å². The SMILES string of the molecule is CC/C=C\C/C=C\C/C=C\C/C=C\C/C=C\CCCCOCC(COP(=O)(O)OCCN)OC(=O)CCCCCCCC. The molecule has 0 saturated carbocycles. The van der Waals surface area contributed by atoms with Gasteiger partial charge in [0.2, 0.25) is 0 Å². The van der Waals surface area contributed by atoms with Crippen molar-refractivity contribution in [3.63, 3.8) is 0 Å². The van der Waals surface area contributed by atoms with E-state index in [1.807, 2.05) is 0 Å². The summed E-state index contributed by atoms with van der Waals surface area (Å²) in [6.45, 7) is 4.58. The fourth-order valence-corrected chi connectivity index (χ4v) is 4.61. The first kappa shape index (κ1) is 41.2. The maximum absolute atomic E-state index is 12.3. The van der Waals surface area contributed by atoms with Gasteiger partial charge in [-0.05, 0) is 57.8 Å². The van der Waals surface area contributed by atoms with Crippen LogP contribution in [0.1, 0.15) is 110 Å². The molecule has 8 nitrogen and oxygen atoms in total. The van der Waals surface area contributed by atoms with Gasteiger partial charge in [-0.15, -0.1) is 0 Å². The van der Waals surface area contributed by atoms with Gasteiger partial charge < -0.3 is 20.1 Å². The summed E-state index contributed by atoms with van der Waals surface area (Å²) in [5.41, 5.74) is 5.31. The second-order valence-corrected chi connectivity index (χ2v) is 11.7. The Bertz CT molecular complexity index is 839. The van der Waals surface area contributed by atoms with E-state index in [9.17, 15) is 14.3 Å². The Labute approximate surface area is 262 Å². The molecule has 0 fully saturated rings. The highest BCUT2D eigenvalue weighted by molar-refractivity contribution is 7.47. The van der Waals surface area contributed by atoms with Gasteiger partial charge in [-0.2, -0.15) is 0 Å². The summed E-state index contributed by atoms with van der Waals surface area (Å²) in [6, 6.07) is 0. The summed E-state index contributed by atoms with van der Waals surface area (Å²) in [4.78, 5) is 22.1. The second-order valence-electron chi connectivity index (χ2n) is 10.3. The van der Waals surface area contributed by atoms with Crippen LogP contribution in [-0.4, -0.2) is 49.9 Å². The molecule has 0 aliphatic rings. The number of esters is 1. The van der Waals surface area contributed by atoms with Gasteiger partial charge in [0.1, 0.15) is 6.10 Å². The number of ether oxygens (including phenoxy) is 2. The van der Waals surface area contributed by atoms with Crippen LogP contribution in [0.5, 0.6) is 0 Å². The third-order valence-corrected chi connectivity index (χ3v) is 7.18. The monoisotopic (exact) mass is 625 g/mol.